The van der Waals surface area contributed by atoms with Crippen molar-refractivity contribution in [3.8, 4) is 0 Å². The Labute approximate surface area is 132 Å². The second kappa shape index (κ2) is 8.88. The number of amides is 1. The van der Waals surface area contributed by atoms with E-state index in [0.29, 0.717) is 6.61 Å². The minimum absolute atomic E-state index is 0.00410. The second-order valence-electron chi connectivity index (χ2n) is 5.31. The zero-order valence-corrected chi connectivity index (χ0v) is 13.0. The van der Waals surface area contributed by atoms with Crippen LogP contribution in [-0.2, 0) is 11.3 Å². The van der Waals surface area contributed by atoms with Crippen molar-refractivity contribution in [3.63, 3.8) is 0 Å². The summed E-state index contributed by atoms with van der Waals surface area (Å²) in [6.45, 7) is 2.44. The number of carbonyl (C=O) groups excluding carboxylic acids is 1. The third-order valence-corrected chi connectivity index (χ3v) is 3.55. The van der Waals surface area contributed by atoms with Crippen LogP contribution in [0.5, 0.6) is 0 Å². The van der Waals surface area contributed by atoms with Gasteiger partial charge >= 0.3 is 6.09 Å². The summed E-state index contributed by atoms with van der Waals surface area (Å²) in [6, 6.07) is 19.7. The van der Waals surface area contributed by atoms with E-state index in [1.54, 1.807) is 0 Å². The monoisotopic (exact) mass is 297 g/mol. The molecule has 2 rings (SSSR count). The van der Waals surface area contributed by atoms with Crippen molar-refractivity contribution in [1.29, 1.82) is 0 Å². The van der Waals surface area contributed by atoms with Crippen molar-refractivity contribution < 1.29 is 9.53 Å². The Morgan fingerprint density at radius 3 is 2.32 bits per heavy atom. The fourth-order valence-corrected chi connectivity index (χ4v) is 2.32. The van der Waals surface area contributed by atoms with Crippen molar-refractivity contribution in [2.75, 3.05) is 0 Å². The Morgan fingerprint density at radius 1 is 1.05 bits per heavy atom. The third-order valence-electron chi connectivity index (χ3n) is 3.55. The number of rotatable bonds is 7. The zero-order valence-electron chi connectivity index (χ0n) is 13.0. The van der Waals surface area contributed by atoms with Gasteiger partial charge in [0.1, 0.15) is 6.61 Å². The van der Waals surface area contributed by atoms with E-state index in [0.717, 1.165) is 30.4 Å². The summed E-state index contributed by atoms with van der Waals surface area (Å²) in [6.07, 6.45) is 2.72. The molecule has 0 aliphatic heterocycles. The molecule has 3 nitrogen and oxygen atoms in total. The maximum atomic E-state index is 12.0. The Kier molecular flexibility index (Phi) is 6.49. The van der Waals surface area contributed by atoms with Gasteiger partial charge in [-0.25, -0.2) is 4.79 Å². The van der Waals surface area contributed by atoms with Gasteiger partial charge in [-0.05, 0) is 17.5 Å². The molecule has 0 saturated heterocycles. The van der Waals surface area contributed by atoms with Gasteiger partial charge in [-0.2, -0.15) is 0 Å². The molecule has 0 bridgehead atoms. The smallest absolute Gasteiger partial charge is 0.407 e. The summed E-state index contributed by atoms with van der Waals surface area (Å²) in [5.74, 6) is 0. The Balaban J connectivity index is 1.90. The van der Waals surface area contributed by atoms with E-state index in [1.807, 2.05) is 60.7 Å². The number of hydrogen-bond acceptors (Lipinski definition) is 2. The largest absolute Gasteiger partial charge is 0.445 e. The number of benzene rings is 2. The molecule has 22 heavy (non-hydrogen) atoms. The lowest BCUT2D eigenvalue weighted by Crippen LogP contribution is -2.29. The highest BCUT2D eigenvalue weighted by Crippen LogP contribution is 2.19. The van der Waals surface area contributed by atoms with Crippen molar-refractivity contribution in [3.05, 3.63) is 71.8 Å². The molecule has 0 heterocycles. The average Bonchev–Trinajstić information content (AvgIpc) is 2.58. The number of unbranched alkanes of at least 4 members (excludes halogenated alkanes) is 1. The summed E-state index contributed by atoms with van der Waals surface area (Å²) < 4.78 is 5.31. The molecular weight excluding hydrogens is 274 g/mol. The van der Waals surface area contributed by atoms with Crippen LogP contribution in [0.3, 0.4) is 0 Å². The third kappa shape index (κ3) is 5.24. The summed E-state index contributed by atoms with van der Waals surface area (Å²) in [5.41, 5.74) is 2.11. The first-order chi connectivity index (χ1) is 10.8. The molecule has 0 radical (unpaired) electrons. The molecular formula is C19H23NO2. The van der Waals surface area contributed by atoms with Crippen LogP contribution in [0.4, 0.5) is 4.79 Å². The molecule has 2 aromatic carbocycles. The van der Waals surface area contributed by atoms with E-state index >= 15 is 0 Å². The molecule has 1 N–H and O–H groups in total. The van der Waals surface area contributed by atoms with Crippen LogP contribution in [-0.4, -0.2) is 6.09 Å². The van der Waals surface area contributed by atoms with Crippen LogP contribution in [0.2, 0.25) is 0 Å². The summed E-state index contributed by atoms with van der Waals surface area (Å²) >= 11 is 0. The number of alkyl carbamates (subject to hydrolysis) is 1. The lowest BCUT2D eigenvalue weighted by atomic mass is 10.0. The summed E-state index contributed by atoms with van der Waals surface area (Å²) in [7, 11) is 0. The molecule has 0 aliphatic rings. The lowest BCUT2D eigenvalue weighted by molar-refractivity contribution is 0.135. The highest BCUT2D eigenvalue weighted by molar-refractivity contribution is 5.67. The van der Waals surface area contributed by atoms with Crippen LogP contribution in [0, 0.1) is 0 Å². The fraction of sp³-hybridized carbons (Fsp3) is 0.316. The lowest BCUT2D eigenvalue weighted by Gasteiger charge is -2.19. The van der Waals surface area contributed by atoms with Crippen LogP contribution in [0.1, 0.15) is 43.4 Å². The minimum Gasteiger partial charge on any atom is -0.445 e. The quantitative estimate of drug-likeness (QED) is 0.793. The molecule has 1 atom stereocenters. The number of ether oxygens (including phenoxy) is 1. The van der Waals surface area contributed by atoms with Crippen molar-refractivity contribution in [2.45, 2.75) is 38.8 Å². The van der Waals surface area contributed by atoms with Gasteiger partial charge in [0.05, 0.1) is 6.04 Å². The van der Waals surface area contributed by atoms with Crippen LogP contribution >= 0.6 is 0 Å². The first-order valence-electron chi connectivity index (χ1n) is 7.81. The molecule has 0 spiro atoms. The molecule has 0 saturated carbocycles. The predicted octanol–water partition coefficient (Wildman–Crippen LogP) is 4.84. The molecule has 1 amide bonds. The fourth-order valence-electron chi connectivity index (χ4n) is 2.32. The summed E-state index contributed by atoms with van der Waals surface area (Å²) in [4.78, 5) is 12.0. The van der Waals surface area contributed by atoms with Crippen LogP contribution in [0.25, 0.3) is 0 Å². The SMILES string of the molecule is CCCC[C@H](NC(=O)OCc1ccccc1)c1ccccc1. The average molecular weight is 297 g/mol. The van der Waals surface area contributed by atoms with Gasteiger partial charge in [0, 0.05) is 0 Å². The van der Waals surface area contributed by atoms with Gasteiger partial charge in [-0.1, -0.05) is 80.4 Å². The summed E-state index contributed by atoms with van der Waals surface area (Å²) in [5, 5.41) is 2.98. The van der Waals surface area contributed by atoms with Crippen LogP contribution < -0.4 is 5.32 Å². The van der Waals surface area contributed by atoms with E-state index in [2.05, 4.69) is 12.2 Å². The molecule has 3 heteroatoms. The normalized spacial score (nSPS) is 11.7. The van der Waals surface area contributed by atoms with Gasteiger partial charge in [0.15, 0.2) is 0 Å². The Morgan fingerprint density at radius 2 is 1.68 bits per heavy atom. The van der Waals surface area contributed by atoms with Gasteiger partial charge in [0.2, 0.25) is 0 Å². The topological polar surface area (TPSA) is 38.3 Å². The maximum absolute atomic E-state index is 12.0. The van der Waals surface area contributed by atoms with Crippen molar-refractivity contribution >= 4 is 6.09 Å². The van der Waals surface area contributed by atoms with Gasteiger partial charge in [0.25, 0.3) is 0 Å². The van der Waals surface area contributed by atoms with E-state index in [4.69, 9.17) is 4.74 Å². The Hall–Kier alpha value is -2.29. The molecule has 0 aromatic heterocycles. The van der Waals surface area contributed by atoms with Crippen molar-refractivity contribution in [2.24, 2.45) is 0 Å². The number of carbonyl (C=O) groups is 1. The number of hydrogen-bond donors (Lipinski definition) is 1. The zero-order chi connectivity index (χ0) is 15.6. The van der Waals surface area contributed by atoms with Gasteiger partial charge < -0.3 is 10.1 Å². The first kappa shape index (κ1) is 16.1. The standard InChI is InChI=1S/C19H23NO2/c1-2-3-14-18(17-12-8-5-9-13-17)20-19(21)22-15-16-10-6-4-7-11-16/h4-13,18H,2-3,14-15H2,1H3,(H,20,21)/t18-/m0/s1. The molecule has 0 unspecified atom stereocenters. The highest BCUT2D eigenvalue weighted by Gasteiger charge is 2.14. The van der Waals surface area contributed by atoms with E-state index in [1.165, 1.54) is 0 Å². The van der Waals surface area contributed by atoms with E-state index in [9.17, 15) is 4.79 Å². The van der Waals surface area contributed by atoms with Gasteiger partial charge in [-0.3, -0.25) is 0 Å². The molecule has 116 valence electrons. The second-order valence-corrected chi connectivity index (χ2v) is 5.31. The maximum Gasteiger partial charge on any atom is 0.407 e. The minimum atomic E-state index is -0.367. The first-order valence-corrected chi connectivity index (χ1v) is 7.81. The molecule has 0 aliphatic carbocycles. The van der Waals surface area contributed by atoms with E-state index < -0.39 is 0 Å². The van der Waals surface area contributed by atoms with E-state index in [-0.39, 0.29) is 12.1 Å². The predicted molar refractivity (Wildman–Crippen MR) is 88.5 cm³/mol. The van der Waals surface area contributed by atoms with Gasteiger partial charge in [-0.15, -0.1) is 0 Å². The number of nitrogens with one attached hydrogen (secondary N) is 1. The van der Waals surface area contributed by atoms with Crippen molar-refractivity contribution in [1.82, 2.24) is 5.32 Å². The molecule has 0 fully saturated rings. The van der Waals surface area contributed by atoms with Crippen LogP contribution in [0.15, 0.2) is 60.7 Å². The molecule has 2 aromatic rings. The Bertz CT molecular complexity index is 554. The highest BCUT2D eigenvalue weighted by atomic mass is 16.5.